The fourth-order valence-electron chi connectivity index (χ4n) is 1.85. The van der Waals surface area contributed by atoms with Crippen molar-refractivity contribution in [3.05, 3.63) is 52.0 Å². The van der Waals surface area contributed by atoms with Gasteiger partial charge in [0.1, 0.15) is 17.4 Å². The third-order valence-corrected chi connectivity index (χ3v) is 4.06. The fourth-order valence-corrected chi connectivity index (χ4v) is 2.67. The fraction of sp³-hybridized carbons (Fsp3) is 0.214. The standard InChI is InChI=1S/C14H13FN2S/c1-10(14-7-4-8-18-14)17(2)13-6-3-5-12(15)11(13)9-16/h3-8,10H,1-2H3. The maximum absolute atomic E-state index is 13.6. The van der Waals surface area contributed by atoms with Gasteiger partial charge in [0.15, 0.2) is 0 Å². The number of nitrogens with zero attached hydrogens (tertiary/aromatic N) is 2. The monoisotopic (exact) mass is 260 g/mol. The number of hydrogen-bond acceptors (Lipinski definition) is 3. The molecule has 0 radical (unpaired) electrons. The van der Waals surface area contributed by atoms with E-state index in [1.165, 1.54) is 10.9 Å². The van der Waals surface area contributed by atoms with Gasteiger partial charge in [0, 0.05) is 11.9 Å². The van der Waals surface area contributed by atoms with Gasteiger partial charge in [-0.3, -0.25) is 0 Å². The summed E-state index contributed by atoms with van der Waals surface area (Å²) in [4.78, 5) is 3.11. The van der Waals surface area contributed by atoms with Crippen molar-refractivity contribution in [3.63, 3.8) is 0 Å². The van der Waals surface area contributed by atoms with E-state index in [0.717, 1.165) is 0 Å². The number of thiophene rings is 1. The summed E-state index contributed by atoms with van der Waals surface area (Å²) in [5, 5.41) is 11.1. The zero-order valence-electron chi connectivity index (χ0n) is 10.2. The Morgan fingerprint density at radius 1 is 1.33 bits per heavy atom. The van der Waals surface area contributed by atoms with E-state index in [1.807, 2.05) is 42.5 Å². The third kappa shape index (κ3) is 2.22. The summed E-state index contributed by atoms with van der Waals surface area (Å²) in [7, 11) is 1.88. The normalized spacial score (nSPS) is 11.9. The van der Waals surface area contributed by atoms with Crippen molar-refractivity contribution in [2.45, 2.75) is 13.0 Å². The highest BCUT2D eigenvalue weighted by Crippen LogP contribution is 2.30. The molecule has 2 aromatic rings. The smallest absolute Gasteiger partial charge is 0.143 e. The van der Waals surface area contributed by atoms with E-state index in [4.69, 9.17) is 5.26 Å². The van der Waals surface area contributed by atoms with Crippen LogP contribution < -0.4 is 4.90 Å². The largest absolute Gasteiger partial charge is 0.366 e. The van der Waals surface area contributed by atoms with Crippen LogP contribution in [0.2, 0.25) is 0 Å². The second kappa shape index (κ2) is 5.19. The van der Waals surface area contributed by atoms with Crippen LogP contribution in [0, 0.1) is 17.1 Å². The molecule has 2 rings (SSSR count). The molecule has 0 saturated heterocycles. The van der Waals surface area contributed by atoms with Crippen molar-refractivity contribution in [1.29, 1.82) is 5.26 Å². The molecule has 0 bridgehead atoms. The zero-order valence-corrected chi connectivity index (χ0v) is 11.0. The van der Waals surface area contributed by atoms with Crippen molar-refractivity contribution in [1.82, 2.24) is 0 Å². The molecule has 1 unspecified atom stereocenters. The molecule has 1 atom stereocenters. The molecular weight excluding hydrogens is 247 g/mol. The summed E-state index contributed by atoms with van der Waals surface area (Å²) in [5.74, 6) is -0.472. The Balaban J connectivity index is 2.38. The maximum atomic E-state index is 13.6. The Labute approximate surface area is 110 Å². The molecule has 0 fully saturated rings. The molecule has 0 aliphatic rings. The number of nitriles is 1. The van der Waals surface area contributed by atoms with Crippen LogP contribution in [0.25, 0.3) is 0 Å². The van der Waals surface area contributed by atoms with E-state index < -0.39 is 5.82 Å². The van der Waals surface area contributed by atoms with Crippen molar-refractivity contribution < 1.29 is 4.39 Å². The van der Waals surface area contributed by atoms with E-state index in [-0.39, 0.29) is 11.6 Å². The molecule has 0 amide bonds. The Morgan fingerprint density at radius 3 is 2.72 bits per heavy atom. The molecule has 0 N–H and O–H groups in total. The molecule has 2 nitrogen and oxygen atoms in total. The summed E-state index contributed by atoms with van der Waals surface area (Å²) < 4.78 is 13.6. The predicted molar refractivity (Wildman–Crippen MR) is 72.3 cm³/mol. The Hall–Kier alpha value is -1.86. The van der Waals surface area contributed by atoms with Crippen molar-refractivity contribution in [3.8, 4) is 6.07 Å². The van der Waals surface area contributed by atoms with Gasteiger partial charge >= 0.3 is 0 Å². The Bertz CT molecular complexity index is 572. The number of rotatable bonds is 3. The van der Waals surface area contributed by atoms with Crippen LogP contribution in [-0.2, 0) is 0 Å². The van der Waals surface area contributed by atoms with Gasteiger partial charge < -0.3 is 4.90 Å². The van der Waals surface area contributed by atoms with E-state index in [1.54, 1.807) is 23.5 Å². The third-order valence-electron chi connectivity index (χ3n) is 3.02. The second-order valence-corrected chi connectivity index (χ2v) is 5.03. The number of anilines is 1. The summed E-state index contributed by atoms with van der Waals surface area (Å²) in [5.41, 5.74) is 0.724. The molecule has 0 aliphatic carbocycles. The lowest BCUT2D eigenvalue weighted by molar-refractivity contribution is 0.621. The average Bonchev–Trinajstić information content (AvgIpc) is 2.90. The van der Waals surface area contributed by atoms with E-state index in [0.29, 0.717) is 5.69 Å². The van der Waals surface area contributed by atoms with Gasteiger partial charge in [-0.15, -0.1) is 11.3 Å². The van der Waals surface area contributed by atoms with Gasteiger partial charge in [0.25, 0.3) is 0 Å². The van der Waals surface area contributed by atoms with Crippen molar-refractivity contribution in [2.24, 2.45) is 0 Å². The molecule has 1 aromatic carbocycles. The van der Waals surface area contributed by atoms with E-state index in [9.17, 15) is 4.39 Å². The number of hydrogen-bond donors (Lipinski definition) is 0. The molecule has 18 heavy (non-hydrogen) atoms. The molecule has 1 aromatic heterocycles. The van der Waals surface area contributed by atoms with Gasteiger partial charge in [-0.25, -0.2) is 4.39 Å². The summed E-state index contributed by atoms with van der Waals surface area (Å²) >= 11 is 1.65. The van der Waals surface area contributed by atoms with Gasteiger partial charge in [0.05, 0.1) is 11.7 Å². The van der Waals surface area contributed by atoms with Crippen LogP contribution in [0.5, 0.6) is 0 Å². The lowest BCUT2D eigenvalue weighted by Crippen LogP contribution is -2.22. The first-order valence-corrected chi connectivity index (χ1v) is 6.48. The minimum Gasteiger partial charge on any atom is -0.366 e. The van der Waals surface area contributed by atoms with E-state index in [2.05, 4.69) is 0 Å². The Kier molecular flexibility index (Phi) is 3.63. The number of benzene rings is 1. The molecule has 0 aliphatic heterocycles. The van der Waals surface area contributed by atoms with Crippen molar-refractivity contribution in [2.75, 3.05) is 11.9 Å². The first kappa shape index (κ1) is 12.6. The molecule has 0 saturated carbocycles. The molecule has 0 spiro atoms. The van der Waals surface area contributed by atoms with Gasteiger partial charge in [-0.05, 0) is 30.5 Å². The average molecular weight is 260 g/mol. The summed E-state index contributed by atoms with van der Waals surface area (Å²) in [6.45, 7) is 2.04. The van der Waals surface area contributed by atoms with Crippen molar-refractivity contribution >= 4 is 17.0 Å². The summed E-state index contributed by atoms with van der Waals surface area (Å²) in [6, 6.07) is 10.8. The highest BCUT2D eigenvalue weighted by molar-refractivity contribution is 7.10. The minimum atomic E-state index is -0.472. The lowest BCUT2D eigenvalue weighted by Gasteiger charge is -2.27. The molecular formula is C14H13FN2S. The Morgan fingerprint density at radius 2 is 2.11 bits per heavy atom. The second-order valence-electron chi connectivity index (χ2n) is 4.05. The van der Waals surface area contributed by atoms with Crippen LogP contribution in [0.4, 0.5) is 10.1 Å². The van der Waals surface area contributed by atoms with Gasteiger partial charge in [-0.2, -0.15) is 5.26 Å². The first-order valence-electron chi connectivity index (χ1n) is 5.60. The molecule has 4 heteroatoms. The topological polar surface area (TPSA) is 27.0 Å². The molecule has 1 heterocycles. The zero-order chi connectivity index (χ0) is 13.1. The minimum absolute atomic E-state index is 0.100. The van der Waals surface area contributed by atoms with Crippen LogP contribution >= 0.6 is 11.3 Å². The number of halogens is 1. The maximum Gasteiger partial charge on any atom is 0.143 e. The van der Waals surface area contributed by atoms with Gasteiger partial charge in [0.2, 0.25) is 0 Å². The van der Waals surface area contributed by atoms with Crippen LogP contribution in [0.3, 0.4) is 0 Å². The van der Waals surface area contributed by atoms with Crippen LogP contribution in [-0.4, -0.2) is 7.05 Å². The molecule has 92 valence electrons. The predicted octanol–water partition coefficient (Wildman–Crippen LogP) is 3.96. The van der Waals surface area contributed by atoms with Crippen LogP contribution in [0.1, 0.15) is 23.4 Å². The highest BCUT2D eigenvalue weighted by atomic mass is 32.1. The van der Waals surface area contributed by atoms with Crippen LogP contribution in [0.15, 0.2) is 35.7 Å². The highest BCUT2D eigenvalue weighted by Gasteiger charge is 2.17. The SMILES string of the molecule is CC(c1cccs1)N(C)c1cccc(F)c1C#N. The lowest BCUT2D eigenvalue weighted by atomic mass is 10.1. The summed E-state index contributed by atoms with van der Waals surface area (Å²) in [6.07, 6.45) is 0. The van der Waals surface area contributed by atoms with Gasteiger partial charge in [-0.1, -0.05) is 12.1 Å². The van der Waals surface area contributed by atoms with E-state index >= 15 is 0 Å². The first-order chi connectivity index (χ1) is 8.65. The quantitative estimate of drug-likeness (QED) is 0.835.